The normalized spacial score (nSPS) is 37.2. The summed E-state index contributed by atoms with van der Waals surface area (Å²) >= 11 is 0. The van der Waals surface area contributed by atoms with E-state index in [1.54, 1.807) is 13.0 Å². The molecule has 44 heavy (non-hydrogen) atoms. The lowest BCUT2D eigenvalue weighted by molar-refractivity contribution is -0.166. The average Bonchev–Trinajstić information content (AvgIpc) is 3.13. The van der Waals surface area contributed by atoms with Crippen molar-refractivity contribution in [3.8, 4) is 0 Å². The van der Waals surface area contributed by atoms with E-state index in [0.29, 0.717) is 18.4 Å². The molecular weight excluding hydrogens is 558 g/mol. The van der Waals surface area contributed by atoms with E-state index >= 15 is 0 Å². The van der Waals surface area contributed by atoms with Crippen LogP contribution in [0.2, 0.25) is 0 Å². The molecule has 1 amide bonds. The Morgan fingerprint density at radius 3 is 2.11 bits per heavy atom. The zero-order chi connectivity index (χ0) is 33.0. The molecule has 0 saturated heterocycles. The Hall–Kier alpha value is -2.90. The monoisotopic (exact) mass is 611 g/mol. The summed E-state index contributed by atoms with van der Waals surface area (Å²) in [5, 5.41) is 0. The van der Waals surface area contributed by atoms with Crippen molar-refractivity contribution in [3.05, 3.63) is 34.9 Å². The SMILES string of the molecule is CC(=O)O[C@@H](CC=C(C)C(N)=O)[C@@H](C)[C@H]1C[C@H](OC(C)=O)[C@@]2(C)C3=CC[C@H]4C(C)(C)[C@H](OC(C)=O)CC[C@]4(C)C3=CC[C@]12C. The number of carbonyl (C=O) groups is 4. The molecular formula is C36H53NO7. The van der Waals surface area contributed by atoms with E-state index in [-0.39, 0.29) is 64.1 Å². The molecule has 4 aliphatic rings. The standard InChI is InChI=1S/C36H53NO7/c1-20(32(37)41)11-13-28(42-22(3)38)21(2)27-19-31(44-24(5)40)36(10)26-12-14-29-33(6,7)30(43-23(4)39)16-17-34(29,8)25(26)15-18-35(27,36)9/h11-12,15,21,27-31H,13-14,16-19H2,1-10H3,(H2,37,41)/t21-,27+,28-,29-,30+,31-,34+,35+,36+/m0/s1. The van der Waals surface area contributed by atoms with Gasteiger partial charge in [-0.05, 0) is 78.8 Å². The number of rotatable bonds is 8. The molecule has 0 aromatic carbocycles. The minimum absolute atomic E-state index is 0.0591. The fraction of sp³-hybridized carbons (Fsp3) is 0.722. The molecule has 0 heterocycles. The Morgan fingerprint density at radius 1 is 0.932 bits per heavy atom. The predicted molar refractivity (Wildman–Crippen MR) is 168 cm³/mol. The quantitative estimate of drug-likeness (QED) is 0.192. The second kappa shape index (κ2) is 11.8. The molecule has 9 atom stereocenters. The molecule has 0 aromatic heterocycles. The number of esters is 3. The van der Waals surface area contributed by atoms with Crippen LogP contribution in [0.4, 0.5) is 0 Å². The van der Waals surface area contributed by atoms with Gasteiger partial charge in [-0.2, -0.15) is 0 Å². The fourth-order valence-corrected chi connectivity index (χ4v) is 9.84. The number of carbonyl (C=O) groups excluding carboxylic acids is 4. The van der Waals surface area contributed by atoms with E-state index in [1.165, 1.54) is 31.9 Å². The van der Waals surface area contributed by atoms with Crippen LogP contribution in [0.1, 0.15) is 108 Å². The Bertz CT molecular complexity index is 1310. The average molecular weight is 612 g/mol. The largest absolute Gasteiger partial charge is 0.462 e. The van der Waals surface area contributed by atoms with E-state index in [1.807, 2.05) is 0 Å². The third-order valence-corrected chi connectivity index (χ3v) is 12.5. The molecule has 0 aliphatic heterocycles. The highest BCUT2D eigenvalue weighted by atomic mass is 16.6. The van der Waals surface area contributed by atoms with Crippen molar-refractivity contribution in [2.75, 3.05) is 0 Å². The number of allylic oxidation sites excluding steroid dienone is 3. The molecule has 2 fully saturated rings. The number of hydrogen-bond acceptors (Lipinski definition) is 7. The van der Waals surface area contributed by atoms with Gasteiger partial charge in [-0.1, -0.05) is 59.8 Å². The molecule has 4 rings (SSSR count). The molecule has 2 saturated carbocycles. The number of primary amides is 1. The summed E-state index contributed by atoms with van der Waals surface area (Å²) in [7, 11) is 0. The molecule has 4 aliphatic carbocycles. The van der Waals surface area contributed by atoms with Crippen LogP contribution in [0.3, 0.4) is 0 Å². The Kier molecular flexibility index (Phi) is 9.11. The molecule has 8 nitrogen and oxygen atoms in total. The second-order valence-corrected chi connectivity index (χ2v) is 15.2. The minimum atomic E-state index is -0.499. The molecule has 244 valence electrons. The summed E-state index contributed by atoms with van der Waals surface area (Å²) in [5.41, 5.74) is 7.43. The van der Waals surface area contributed by atoms with Crippen LogP contribution in [0, 0.1) is 39.4 Å². The lowest BCUT2D eigenvalue weighted by Crippen LogP contribution is -2.56. The van der Waals surface area contributed by atoms with Gasteiger partial charge in [-0.15, -0.1) is 0 Å². The van der Waals surface area contributed by atoms with Gasteiger partial charge in [-0.3, -0.25) is 19.2 Å². The van der Waals surface area contributed by atoms with E-state index < -0.39 is 17.4 Å². The van der Waals surface area contributed by atoms with Crippen molar-refractivity contribution < 1.29 is 33.4 Å². The number of nitrogens with two attached hydrogens (primary N) is 1. The van der Waals surface area contributed by atoms with Gasteiger partial charge in [0, 0.05) is 43.6 Å². The second-order valence-electron chi connectivity index (χ2n) is 15.2. The van der Waals surface area contributed by atoms with Crippen molar-refractivity contribution >= 4 is 23.8 Å². The van der Waals surface area contributed by atoms with Crippen molar-refractivity contribution in [1.82, 2.24) is 0 Å². The maximum atomic E-state index is 12.6. The van der Waals surface area contributed by atoms with Gasteiger partial charge in [-0.25, -0.2) is 0 Å². The van der Waals surface area contributed by atoms with Crippen LogP contribution >= 0.6 is 0 Å². The predicted octanol–water partition coefficient (Wildman–Crippen LogP) is 6.37. The first-order valence-electron chi connectivity index (χ1n) is 16.2. The summed E-state index contributed by atoms with van der Waals surface area (Å²) < 4.78 is 17.9. The summed E-state index contributed by atoms with van der Waals surface area (Å²) in [6.07, 6.45) is 9.98. The smallest absolute Gasteiger partial charge is 0.302 e. The fourth-order valence-electron chi connectivity index (χ4n) is 9.84. The highest BCUT2D eigenvalue weighted by Gasteiger charge is 2.68. The van der Waals surface area contributed by atoms with E-state index in [2.05, 4.69) is 53.7 Å². The first-order chi connectivity index (χ1) is 20.3. The Morgan fingerprint density at radius 2 is 1.55 bits per heavy atom. The van der Waals surface area contributed by atoms with Crippen LogP contribution in [-0.2, 0) is 33.4 Å². The van der Waals surface area contributed by atoms with Crippen molar-refractivity contribution in [2.24, 2.45) is 45.1 Å². The summed E-state index contributed by atoms with van der Waals surface area (Å²) in [6, 6.07) is 0. The lowest BCUT2D eigenvalue weighted by Gasteiger charge is -2.61. The van der Waals surface area contributed by atoms with Gasteiger partial charge in [0.2, 0.25) is 5.91 Å². The number of fused-ring (bicyclic) bond motifs is 5. The molecule has 8 heteroatoms. The van der Waals surface area contributed by atoms with Crippen molar-refractivity contribution in [2.45, 2.75) is 126 Å². The van der Waals surface area contributed by atoms with Gasteiger partial charge < -0.3 is 19.9 Å². The zero-order valence-electron chi connectivity index (χ0n) is 28.4. The van der Waals surface area contributed by atoms with Crippen molar-refractivity contribution in [1.29, 1.82) is 0 Å². The summed E-state index contributed by atoms with van der Waals surface area (Å²) in [4.78, 5) is 48.5. The number of ether oxygens (including phenoxy) is 3. The van der Waals surface area contributed by atoms with Crippen LogP contribution in [0.25, 0.3) is 0 Å². The molecule has 0 bridgehead atoms. The Labute approximate surface area is 263 Å². The molecule has 0 aromatic rings. The lowest BCUT2D eigenvalue weighted by atomic mass is 9.44. The third kappa shape index (κ3) is 5.44. The molecule has 0 radical (unpaired) electrons. The van der Waals surface area contributed by atoms with Gasteiger partial charge >= 0.3 is 17.9 Å². The maximum absolute atomic E-state index is 12.6. The van der Waals surface area contributed by atoms with E-state index in [0.717, 1.165) is 25.7 Å². The molecule has 0 spiro atoms. The maximum Gasteiger partial charge on any atom is 0.302 e. The van der Waals surface area contributed by atoms with Gasteiger partial charge in [0.25, 0.3) is 0 Å². The summed E-state index contributed by atoms with van der Waals surface area (Å²) in [6.45, 7) is 19.5. The third-order valence-electron chi connectivity index (χ3n) is 12.5. The Balaban J connectivity index is 1.78. The molecule has 0 unspecified atom stereocenters. The highest BCUT2D eigenvalue weighted by molar-refractivity contribution is 5.91. The van der Waals surface area contributed by atoms with Crippen LogP contribution in [0.5, 0.6) is 0 Å². The number of amides is 1. The number of hydrogen-bond donors (Lipinski definition) is 1. The molecule has 2 N–H and O–H groups in total. The first-order valence-corrected chi connectivity index (χ1v) is 16.2. The zero-order valence-corrected chi connectivity index (χ0v) is 28.4. The van der Waals surface area contributed by atoms with E-state index in [4.69, 9.17) is 19.9 Å². The first kappa shape index (κ1) is 34.0. The topological polar surface area (TPSA) is 122 Å². The van der Waals surface area contributed by atoms with Crippen LogP contribution in [-0.4, -0.2) is 42.1 Å². The van der Waals surface area contributed by atoms with E-state index in [9.17, 15) is 19.2 Å². The van der Waals surface area contributed by atoms with Gasteiger partial charge in [0.15, 0.2) is 0 Å². The van der Waals surface area contributed by atoms with Gasteiger partial charge in [0.1, 0.15) is 18.3 Å². The van der Waals surface area contributed by atoms with Gasteiger partial charge in [0.05, 0.1) is 0 Å². The van der Waals surface area contributed by atoms with Crippen LogP contribution in [0.15, 0.2) is 34.9 Å². The minimum Gasteiger partial charge on any atom is -0.462 e. The highest BCUT2D eigenvalue weighted by Crippen LogP contribution is 2.72. The summed E-state index contributed by atoms with van der Waals surface area (Å²) in [5.74, 6) is -1.15. The van der Waals surface area contributed by atoms with Crippen LogP contribution < -0.4 is 5.73 Å². The van der Waals surface area contributed by atoms with Crippen molar-refractivity contribution in [3.63, 3.8) is 0 Å².